The van der Waals surface area contributed by atoms with E-state index >= 15 is 0 Å². The monoisotopic (exact) mass is 321 g/mol. The molecule has 2 N–H and O–H groups in total. The van der Waals surface area contributed by atoms with Gasteiger partial charge in [0.2, 0.25) is 0 Å². The van der Waals surface area contributed by atoms with Crippen molar-refractivity contribution in [2.45, 2.75) is 18.9 Å². The number of hydrogen-bond acceptors (Lipinski definition) is 4. The molecule has 0 spiro atoms. The zero-order valence-corrected chi connectivity index (χ0v) is 13.0. The van der Waals surface area contributed by atoms with Gasteiger partial charge in [0.25, 0.3) is 5.91 Å². The second kappa shape index (κ2) is 6.56. The van der Waals surface area contributed by atoms with E-state index in [2.05, 4.69) is 15.6 Å². The molecule has 0 bridgehead atoms. The standard InChI is InChI=1S/C15H16ClN3OS/c16-11-3-1-2-10(8-11)15-19-13(9-21-15)14(20)18-12-4-6-17-7-5-12/h1-3,8-9,12,17H,4-7H2,(H,18,20). The Kier molecular flexibility index (Phi) is 4.53. The summed E-state index contributed by atoms with van der Waals surface area (Å²) in [6.45, 7) is 1.91. The van der Waals surface area contributed by atoms with Crippen LogP contribution in [0.15, 0.2) is 29.6 Å². The predicted octanol–water partition coefficient (Wildman–Crippen LogP) is 2.95. The van der Waals surface area contributed by atoms with Crippen molar-refractivity contribution in [2.24, 2.45) is 0 Å². The Bertz CT molecular complexity index is 637. The number of aromatic nitrogens is 1. The van der Waals surface area contributed by atoms with E-state index in [0.29, 0.717) is 10.7 Å². The van der Waals surface area contributed by atoms with Crippen LogP contribution >= 0.6 is 22.9 Å². The molecule has 110 valence electrons. The molecule has 0 saturated carbocycles. The van der Waals surface area contributed by atoms with Gasteiger partial charge in [-0.3, -0.25) is 4.79 Å². The molecular formula is C15H16ClN3OS. The molecule has 1 aliphatic rings. The summed E-state index contributed by atoms with van der Waals surface area (Å²) in [7, 11) is 0. The van der Waals surface area contributed by atoms with Crippen LogP contribution in [-0.4, -0.2) is 30.0 Å². The van der Waals surface area contributed by atoms with Gasteiger partial charge in [-0.05, 0) is 38.1 Å². The summed E-state index contributed by atoms with van der Waals surface area (Å²) in [6, 6.07) is 7.75. The number of hydrogen-bond donors (Lipinski definition) is 2. The molecule has 1 aromatic carbocycles. The van der Waals surface area contributed by atoms with E-state index < -0.39 is 0 Å². The second-order valence-corrected chi connectivity index (χ2v) is 6.34. The number of nitrogens with one attached hydrogen (secondary N) is 2. The lowest BCUT2D eigenvalue weighted by molar-refractivity contribution is 0.0925. The Morgan fingerprint density at radius 3 is 2.95 bits per heavy atom. The number of amides is 1. The van der Waals surface area contributed by atoms with Crippen LogP contribution in [0.5, 0.6) is 0 Å². The molecule has 1 aliphatic heterocycles. The van der Waals surface area contributed by atoms with Gasteiger partial charge in [-0.25, -0.2) is 4.98 Å². The highest BCUT2D eigenvalue weighted by Gasteiger charge is 2.18. The molecule has 4 nitrogen and oxygen atoms in total. The quantitative estimate of drug-likeness (QED) is 0.914. The van der Waals surface area contributed by atoms with Crippen LogP contribution in [0.2, 0.25) is 5.02 Å². The SMILES string of the molecule is O=C(NC1CCNCC1)c1csc(-c2cccc(Cl)c2)n1. The van der Waals surface area contributed by atoms with Gasteiger partial charge in [-0.2, -0.15) is 0 Å². The normalized spacial score (nSPS) is 15.9. The number of carbonyl (C=O) groups is 1. The summed E-state index contributed by atoms with van der Waals surface area (Å²) in [4.78, 5) is 16.6. The first-order valence-corrected chi connectivity index (χ1v) is 8.21. The van der Waals surface area contributed by atoms with Crippen LogP contribution in [0.3, 0.4) is 0 Å². The minimum absolute atomic E-state index is 0.0913. The lowest BCUT2D eigenvalue weighted by atomic mass is 10.1. The number of halogens is 1. The molecule has 2 heterocycles. The number of benzene rings is 1. The minimum atomic E-state index is -0.0913. The molecular weight excluding hydrogens is 306 g/mol. The Balaban J connectivity index is 1.70. The van der Waals surface area contributed by atoms with Crippen molar-refractivity contribution in [3.05, 3.63) is 40.4 Å². The summed E-state index contributed by atoms with van der Waals surface area (Å²) < 4.78 is 0. The van der Waals surface area contributed by atoms with Gasteiger partial charge >= 0.3 is 0 Å². The fraction of sp³-hybridized carbons (Fsp3) is 0.333. The molecule has 1 aromatic heterocycles. The van der Waals surface area contributed by atoms with Crippen LogP contribution in [-0.2, 0) is 0 Å². The van der Waals surface area contributed by atoms with Crippen molar-refractivity contribution in [3.63, 3.8) is 0 Å². The highest BCUT2D eigenvalue weighted by Crippen LogP contribution is 2.26. The van der Waals surface area contributed by atoms with Crippen molar-refractivity contribution >= 4 is 28.8 Å². The Morgan fingerprint density at radius 2 is 2.19 bits per heavy atom. The molecule has 1 fully saturated rings. The molecule has 0 atom stereocenters. The van der Waals surface area contributed by atoms with E-state index in [9.17, 15) is 4.79 Å². The summed E-state index contributed by atoms with van der Waals surface area (Å²) in [6.07, 6.45) is 1.94. The van der Waals surface area contributed by atoms with Crippen molar-refractivity contribution in [1.82, 2.24) is 15.6 Å². The third kappa shape index (κ3) is 3.61. The maximum Gasteiger partial charge on any atom is 0.270 e. The Hall–Kier alpha value is -1.43. The van der Waals surface area contributed by atoms with Crippen LogP contribution in [0.25, 0.3) is 10.6 Å². The summed E-state index contributed by atoms with van der Waals surface area (Å²) in [5.74, 6) is -0.0913. The fourth-order valence-electron chi connectivity index (χ4n) is 2.36. The van der Waals surface area contributed by atoms with E-state index in [-0.39, 0.29) is 11.9 Å². The minimum Gasteiger partial charge on any atom is -0.348 e. The van der Waals surface area contributed by atoms with Gasteiger partial charge < -0.3 is 10.6 Å². The third-order valence-corrected chi connectivity index (χ3v) is 4.61. The molecule has 1 saturated heterocycles. The topological polar surface area (TPSA) is 54.0 Å². The number of carbonyl (C=O) groups excluding carboxylic acids is 1. The Morgan fingerprint density at radius 1 is 1.38 bits per heavy atom. The smallest absolute Gasteiger partial charge is 0.270 e. The van der Waals surface area contributed by atoms with Crippen LogP contribution in [0, 0.1) is 0 Å². The lowest BCUT2D eigenvalue weighted by Crippen LogP contribution is -2.42. The van der Waals surface area contributed by atoms with Crippen molar-refractivity contribution < 1.29 is 4.79 Å². The molecule has 0 unspecified atom stereocenters. The Labute approximate surface area is 132 Å². The molecule has 2 aromatic rings. The molecule has 6 heteroatoms. The third-order valence-electron chi connectivity index (χ3n) is 3.48. The van der Waals surface area contributed by atoms with Crippen molar-refractivity contribution in [3.8, 4) is 10.6 Å². The van der Waals surface area contributed by atoms with Gasteiger partial charge in [0.1, 0.15) is 10.7 Å². The average molecular weight is 322 g/mol. The second-order valence-electron chi connectivity index (χ2n) is 5.05. The first kappa shape index (κ1) is 14.5. The van der Waals surface area contributed by atoms with E-state index in [1.165, 1.54) is 11.3 Å². The highest BCUT2D eigenvalue weighted by molar-refractivity contribution is 7.13. The highest BCUT2D eigenvalue weighted by atomic mass is 35.5. The van der Waals surface area contributed by atoms with Gasteiger partial charge in [0.15, 0.2) is 0 Å². The van der Waals surface area contributed by atoms with Gasteiger partial charge in [-0.15, -0.1) is 11.3 Å². The van der Waals surface area contributed by atoms with E-state index in [1.54, 1.807) is 5.38 Å². The van der Waals surface area contributed by atoms with Gasteiger partial charge in [0, 0.05) is 22.0 Å². The number of piperidine rings is 1. The van der Waals surface area contributed by atoms with Crippen molar-refractivity contribution in [2.75, 3.05) is 13.1 Å². The first-order chi connectivity index (χ1) is 10.2. The van der Waals surface area contributed by atoms with E-state index in [1.807, 2.05) is 24.3 Å². The molecule has 3 rings (SSSR count). The zero-order chi connectivity index (χ0) is 14.7. The van der Waals surface area contributed by atoms with Crippen LogP contribution in [0.1, 0.15) is 23.3 Å². The lowest BCUT2D eigenvalue weighted by Gasteiger charge is -2.23. The zero-order valence-electron chi connectivity index (χ0n) is 11.4. The maximum atomic E-state index is 12.2. The maximum absolute atomic E-state index is 12.2. The van der Waals surface area contributed by atoms with E-state index in [0.717, 1.165) is 36.5 Å². The molecule has 0 aliphatic carbocycles. The fourth-order valence-corrected chi connectivity index (χ4v) is 3.35. The largest absolute Gasteiger partial charge is 0.348 e. The molecule has 1 amide bonds. The van der Waals surface area contributed by atoms with Crippen LogP contribution in [0.4, 0.5) is 0 Å². The predicted molar refractivity (Wildman–Crippen MR) is 85.9 cm³/mol. The average Bonchev–Trinajstić information content (AvgIpc) is 2.98. The summed E-state index contributed by atoms with van der Waals surface area (Å²) >= 11 is 7.44. The summed E-state index contributed by atoms with van der Waals surface area (Å²) in [5.41, 5.74) is 1.42. The molecule has 21 heavy (non-hydrogen) atoms. The molecule has 0 radical (unpaired) electrons. The van der Waals surface area contributed by atoms with E-state index in [4.69, 9.17) is 11.6 Å². The van der Waals surface area contributed by atoms with Gasteiger partial charge in [0.05, 0.1) is 0 Å². The number of nitrogens with zero attached hydrogens (tertiary/aromatic N) is 1. The van der Waals surface area contributed by atoms with Crippen molar-refractivity contribution in [1.29, 1.82) is 0 Å². The number of thiazole rings is 1. The van der Waals surface area contributed by atoms with Crippen LogP contribution < -0.4 is 10.6 Å². The summed E-state index contributed by atoms with van der Waals surface area (Å²) in [5, 5.41) is 9.61. The first-order valence-electron chi connectivity index (χ1n) is 6.95. The van der Waals surface area contributed by atoms with Gasteiger partial charge in [-0.1, -0.05) is 23.7 Å². The number of rotatable bonds is 3.